The molecule has 0 aromatic heterocycles. The molecule has 1 aromatic rings. The standard InChI is InChI=1S/C10H12O2S.C8H18S2.C7H16S2.C5H12S.4C2H6/c1-2-13-9-5-3-8(4-6-9)7-10(11)12;1-6-9-7(2)10-8(3,4)5;1-5-8-6-9-7(2,3)4;1-4-6-5(2)3;4*1-2/h3-6H,2,7H2,1H3,(H,11,12);7H,6H2,1-5H3;5-6H2,1-4H3;5H,4H2,1-3H3;4*1-2H3. The molecule has 0 bridgehead atoms. The molecule has 1 aromatic carbocycles. The first kappa shape index (κ1) is 62.0. The molecular weight excluding hydrogens is 681 g/mol. The number of hydrogen-bond donors (Lipinski definition) is 1. The van der Waals surface area contributed by atoms with E-state index in [1.165, 1.54) is 27.2 Å². The third-order valence-corrected chi connectivity index (χ3v) is 10.6. The van der Waals surface area contributed by atoms with Crippen LogP contribution in [0.3, 0.4) is 0 Å². The highest BCUT2D eigenvalue weighted by molar-refractivity contribution is 8.17. The summed E-state index contributed by atoms with van der Waals surface area (Å²) >= 11 is 11.8. The number of thioether (sulfide) groups is 6. The van der Waals surface area contributed by atoms with Gasteiger partial charge in [-0.15, -0.1) is 47.0 Å². The molecule has 0 aliphatic rings. The van der Waals surface area contributed by atoms with E-state index >= 15 is 0 Å². The normalized spacial score (nSPS) is 10.3. The van der Waals surface area contributed by atoms with Crippen molar-refractivity contribution in [2.75, 3.05) is 28.1 Å². The second kappa shape index (κ2) is 47.9. The fourth-order valence-electron chi connectivity index (χ4n) is 2.45. The molecule has 0 fully saturated rings. The van der Waals surface area contributed by atoms with Crippen LogP contribution in [0.4, 0.5) is 0 Å². The van der Waals surface area contributed by atoms with E-state index in [0.717, 1.165) is 21.1 Å². The zero-order chi connectivity index (χ0) is 38.2. The monoisotopic (exact) mass is 762 g/mol. The van der Waals surface area contributed by atoms with Gasteiger partial charge < -0.3 is 5.11 Å². The number of carboxylic acids is 1. The van der Waals surface area contributed by atoms with Crippen LogP contribution < -0.4 is 0 Å². The number of aliphatic carboxylic acids is 1. The zero-order valence-electron chi connectivity index (χ0n) is 34.5. The van der Waals surface area contributed by atoms with Crippen molar-refractivity contribution in [3.63, 3.8) is 0 Å². The van der Waals surface area contributed by atoms with E-state index in [1.807, 2.05) is 138 Å². The molecule has 1 unspecified atom stereocenters. The highest BCUT2D eigenvalue weighted by Crippen LogP contribution is 2.33. The number of carboxylic acid groups (broad SMARTS) is 1. The maximum atomic E-state index is 10.4. The SMILES string of the molecule is CC.CC.CC.CC.CCSC(C)C.CCSC(C)SC(C)(C)C.CCSCSC(C)(C)C.CCSc1ccc(CC(=O)O)cc1. The van der Waals surface area contributed by atoms with Crippen molar-refractivity contribution in [3.8, 4) is 0 Å². The Hall–Kier alpha value is 0.790. The third-order valence-electron chi connectivity index (χ3n) is 3.79. The molecule has 1 atom stereocenters. The summed E-state index contributed by atoms with van der Waals surface area (Å²) in [5.74, 6) is 3.97. The summed E-state index contributed by atoms with van der Waals surface area (Å²) in [7, 11) is 0. The Labute approximate surface area is 318 Å². The summed E-state index contributed by atoms with van der Waals surface area (Å²) in [4.78, 5) is 11.6. The van der Waals surface area contributed by atoms with Crippen LogP contribution in [-0.2, 0) is 11.2 Å². The van der Waals surface area contributed by atoms with Gasteiger partial charge in [0.25, 0.3) is 0 Å². The number of benzene rings is 1. The molecule has 1 N–H and O–H groups in total. The predicted molar refractivity (Wildman–Crippen MR) is 238 cm³/mol. The molecule has 2 nitrogen and oxygen atoms in total. The minimum absolute atomic E-state index is 0.108. The zero-order valence-corrected chi connectivity index (χ0v) is 39.4. The number of hydrogen-bond acceptors (Lipinski definition) is 7. The van der Waals surface area contributed by atoms with Gasteiger partial charge in [0, 0.05) is 24.1 Å². The van der Waals surface area contributed by atoms with Gasteiger partial charge in [-0.25, -0.2) is 0 Å². The Morgan fingerprint density at radius 1 is 0.674 bits per heavy atom. The summed E-state index contributed by atoms with van der Waals surface area (Å²) in [5, 5.41) is 10.6. The summed E-state index contributed by atoms with van der Waals surface area (Å²) in [6, 6.07) is 7.66. The van der Waals surface area contributed by atoms with Crippen LogP contribution in [0.5, 0.6) is 0 Å². The van der Waals surface area contributed by atoms with Gasteiger partial charge in [0.15, 0.2) is 0 Å². The Bertz CT molecular complexity index is 655. The van der Waals surface area contributed by atoms with Crippen LogP contribution in [0.2, 0.25) is 0 Å². The van der Waals surface area contributed by atoms with Crippen LogP contribution >= 0.6 is 70.6 Å². The van der Waals surface area contributed by atoms with Crippen LogP contribution in [0.25, 0.3) is 0 Å². The Morgan fingerprint density at radius 3 is 1.37 bits per heavy atom. The largest absolute Gasteiger partial charge is 0.481 e. The highest BCUT2D eigenvalue weighted by atomic mass is 32.2. The van der Waals surface area contributed by atoms with Crippen molar-refractivity contribution in [2.24, 2.45) is 0 Å². The van der Waals surface area contributed by atoms with Gasteiger partial charge in [0.05, 0.1) is 6.42 Å². The van der Waals surface area contributed by atoms with Gasteiger partial charge >= 0.3 is 5.97 Å². The number of rotatable bonds is 12. The molecular formula is C38H82O2S6. The average Bonchev–Trinajstić information content (AvgIpc) is 2.98. The van der Waals surface area contributed by atoms with Gasteiger partial charge in [-0.3, -0.25) is 4.79 Å². The molecule has 0 saturated carbocycles. The molecule has 0 aliphatic carbocycles. The summed E-state index contributed by atoms with van der Waals surface area (Å²) < 4.78 is 1.61. The van der Waals surface area contributed by atoms with E-state index in [-0.39, 0.29) is 6.42 Å². The lowest BCUT2D eigenvalue weighted by Gasteiger charge is -2.21. The van der Waals surface area contributed by atoms with E-state index < -0.39 is 5.97 Å². The molecule has 0 radical (unpaired) electrons. The van der Waals surface area contributed by atoms with Gasteiger partial charge in [0.2, 0.25) is 0 Å². The van der Waals surface area contributed by atoms with E-state index in [2.05, 4.69) is 90.0 Å². The van der Waals surface area contributed by atoms with Crippen LogP contribution in [0, 0.1) is 0 Å². The fourth-order valence-corrected chi connectivity index (χ4v) is 9.20. The third kappa shape index (κ3) is 71.0. The van der Waals surface area contributed by atoms with Gasteiger partial charge in [0.1, 0.15) is 0 Å². The van der Waals surface area contributed by atoms with Crippen molar-refractivity contribution >= 4 is 76.5 Å². The first-order chi connectivity index (χ1) is 21.5. The maximum absolute atomic E-state index is 10.4. The molecule has 0 aliphatic heterocycles. The first-order valence-electron chi connectivity index (χ1n) is 17.6. The van der Waals surface area contributed by atoms with Crippen LogP contribution in [0.15, 0.2) is 29.2 Å². The predicted octanol–water partition coefficient (Wildman–Crippen LogP) is 15.5. The van der Waals surface area contributed by atoms with Crippen LogP contribution in [0.1, 0.15) is 151 Å². The first-order valence-corrected chi connectivity index (χ1v) is 23.7. The van der Waals surface area contributed by atoms with Crippen molar-refractivity contribution in [1.29, 1.82) is 0 Å². The van der Waals surface area contributed by atoms with Crippen molar-refractivity contribution in [3.05, 3.63) is 29.8 Å². The second-order valence-corrected chi connectivity index (χ2v) is 21.0. The minimum Gasteiger partial charge on any atom is -0.481 e. The van der Waals surface area contributed by atoms with Crippen molar-refractivity contribution < 1.29 is 9.90 Å². The van der Waals surface area contributed by atoms with Crippen molar-refractivity contribution in [1.82, 2.24) is 0 Å². The quantitative estimate of drug-likeness (QED) is 0.128. The molecule has 46 heavy (non-hydrogen) atoms. The summed E-state index contributed by atoms with van der Waals surface area (Å²) in [6.07, 6.45) is 0.108. The molecule has 0 spiro atoms. The fraction of sp³-hybridized carbons (Fsp3) is 0.816. The van der Waals surface area contributed by atoms with Gasteiger partial charge in [-0.2, -0.15) is 23.5 Å². The Morgan fingerprint density at radius 2 is 1.11 bits per heavy atom. The molecule has 0 saturated heterocycles. The van der Waals surface area contributed by atoms with E-state index in [9.17, 15) is 4.79 Å². The molecule has 0 amide bonds. The van der Waals surface area contributed by atoms with Crippen LogP contribution in [-0.4, -0.2) is 58.5 Å². The summed E-state index contributed by atoms with van der Waals surface area (Å²) in [5.41, 5.74) is 0.855. The lowest BCUT2D eigenvalue weighted by Crippen LogP contribution is -2.11. The number of carbonyl (C=O) groups is 1. The molecule has 0 heterocycles. The van der Waals surface area contributed by atoms with Crippen molar-refractivity contribution in [2.45, 2.75) is 176 Å². The van der Waals surface area contributed by atoms with Gasteiger partial charge in [-0.1, -0.05) is 151 Å². The minimum atomic E-state index is -0.782. The van der Waals surface area contributed by atoms with E-state index in [0.29, 0.717) is 9.49 Å². The Balaban J connectivity index is -0.0000000839. The molecule has 282 valence electrons. The maximum Gasteiger partial charge on any atom is 0.307 e. The highest BCUT2D eigenvalue weighted by Gasteiger charge is 2.14. The van der Waals surface area contributed by atoms with E-state index in [4.69, 9.17) is 5.11 Å². The smallest absolute Gasteiger partial charge is 0.307 e. The van der Waals surface area contributed by atoms with Gasteiger partial charge in [-0.05, 0) is 52.9 Å². The topological polar surface area (TPSA) is 37.3 Å². The van der Waals surface area contributed by atoms with E-state index in [1.54, 1.807) is 11.8 Å². The molecule has 1 rings (SSSR count). The Kier molecular flexibility index (Phi) is 64.5. The lowest BCUT2D eigenvalue weighted by atomic mass is 10.2. The lowest BCUT2D eigenvalue weighted by molar-refractivity contribution is -0.136. The molecule has 8 heteroatoms. The second-order valence-electron chi connectivity index (χ2n) is 10.3. The average molecular weight is 763 g/mol. The summed E-state index contributed by atoms with van der Waals surface area (Å²) in [6.45, 7) is 45.0.